The molecule has 1 fully saturated rings. The Kier molecular flexibility index (Phi) is 4.38. The van der Waals surface area contributed by atoms with E-state index in [0.29, 0.717) is 6.54 Å². The molecule has 1 heterocycles. The third-order valence-electron chi connectivity index (χ3n) is 3.68. The first-order valence-corrected chi connectivity index (χ1v) is 7.10. The smallest absolute Gasteiger partial charge is 0.0631 e. The van der Waals surface area contributed by atoms with Gasteiger partial charge in [-0.2, -0.15) is 0 Å². The maximum absolute atomic E-state index is 10.3. The van der Waals surface area contributed by atoms with E-state index in [-0.39, 0.29) is 12.0 Å². The molecule has 0 spiro atoms. The van der Waals surface area contributed by atoms with Crippen molar-refractivity contribution in [1.29, 1.82) is 0 Å². The molecule has 2 unspecified atom stereocenters. The van der Waals surface area contributed by atoms with Crippen LogP contribution in [0.3, 0.4) is 0 Å². The normalized spacial score (nSPS) is 21.1. The van der Waals surface area contributed by atoms with Crippen molar-refractivity contribution in [3.05, 3.63) is 22.4 Å². The van der Waals surface area contributed by atoms with Crippen LogP contribution < -0.4 is 5.73 Å². The highest BCUT2D eigenvalue weighted by Crippen LogP contribution is 2.33. The fourth-order valence-corrected chi connectivity index (χ4v) is 3.62. The van der Waals surface area contributed by atoms with E-state index in [1.807, 2.05) is 6.07 Å². The van der Waals surface area contributed by atoms with Crippen LogP contribution in [-0.4, -0.2) is 17.8 Å². The van der Waals surface area contributed by atoms with E-state index in [2.05, 4.69) is 11.4 Å². The van der Waals surface area contributed by atoms with Crippen LogP contribution in [0, 0.1) is 5.92 Å². The molecule has 2 rings (SSSR count). The monoisotopic (exact) mass is 239 g/mol. The Labute approximate surface area is 101 Å². The predicted octanol–water partition coefficient (Wildman–Crippen LogP) is 2.73. The summed E-state index contributed by atoms with van der Waals surface area (Å²) < 4.78 is 0. The van der Waals surface area contributed by atoms with E-state index in [9.17, 15) is 5.11 Å². The summed E-state index contributed by atoms with van der Waals surface area (Å²) in [6.07, 6.45) is 5.93. The average molecular weight is 239 g/mol. The van der Waals surface area contributed by atoms with Crippen molar-refractivity contribution in [3.63, 3.8) is 0 Å². The van der Waals surface area contributed by atoms with Gasteiger partial charge in [0.05, 0.1) is 6.10 Å². The van der Waals surface area contributed by atoms with Gasteiger partial charge in [0.15, 0.2) is 0 Å². The van der Waals surface area contributed by atoms with E-state index in [0.717, 1.165) is 12.3 Å². The Morgan fingerprint density at radius 1 is 1.44 bits per heavy atom. The summed E-state index contributed by atoms with van der Waals surface area (Å²) in [5, 5.41) is 12.3. The number of aliphatic hydroxyl groups is 1. The second-order valence-electron chi connectivity index (χ2n) is 4.81. The van der Waals surface area contributed by atoms with Gasteiger partial charge in [0.25, 0.3) is 0 Å². The van der Waals surface area contributed by atoms with Crippen LogP contribution in [0.4, 0.5) is 0 Å². The lowest BCUT2D eigenvalue weighted by molar-refractivity contribution is 0.117. The van der Waals surface area contributed by atoms with Gasteiger partial charge in [-0.1, -0.05) is 31.7 Å². The Bertz CT molecular complexity index is 293. The van der Waals surface area contributed by atoms with Gasteiger partial charge < -0.3 is 10.8 Å². The highest BCUT2D eigenvalue weighted by molar-refractivity contribution is 7.10. The van der Waals surface area contributed by atoms with Gasteiger partial charge in [-0.25, -0.2) is 0 Å². The first-order chi connectivity index (χ1) is 7.81. The minimum absolute atomic E-state index is 0.139. The first kappa shape index (κ1) is 12.1. The second kappa shape index (κ2) is 5.80. The number of hydrogen-bond donors (Lipinski definition) is 2. The standard InChI is InChI=1S/C13H21NOS/c14-9-11(13-6-3-7-16-13)12(15)8-10-4-1-2-5-10/h3,6-7,10-12,15H,1-2,4-5,8-9,14H2. The molecule has 90 valence electrons. The van der Waals surface area contributed by atoms with E-state index in [4.69, 9.17) is 5.73 Å². The molecular formula is C13H21NOS. The van der Waals surface area contributed by atoms with Gasteiger partial charge in [0.1, 0.15) is 0 Å². The van der Waals surface area contributed by atoms with Crippen molar-refractivity contribution in [3.8, 4) is 0 Å². The molecule has 0 radical (unpaired) electrons. The molecule has 0 amide bonds. The van der Waals surface area contributed by atoms with Crippen LogP contribution in [0.5, 0.6) is 0 Å². The van der Waals surface area contributed by atoms with E-state index in [1.165, 1.54) is 30.6 Å². The Morgan fingerprint density at radius 2 is 2.19 bits per heavy atom. The molecule has 3 N–H and O–H groups in total. The number of hydrogen-bond acceptors (Lipinski definition) is 3. The summed E-state index contributed by atoms with van der Waals surface area (Å²) in [7, 11) is 0. The number of rotatable bonds is 5. The lowest BCUT2D eigenvalue weighted by atomic mass is 9.91. The second-order valence-corrected chi connectivity index (χ2v) is 5.79. The molecule has 3 heteroatoms. The van der Waals surface area contributed by atoms with Crippen molar-refractivity contribution in [2.75, 3.05) is 6.54 Å². The van der Waals surface area contributed by atoms with Crippen LogP contribution >= 0.6 is 11.3 Å². The van der Waals surface area contributed by atoms with E-state index >= 15 is 0 Å². The summed E-state index contributed by atoms with van der Waals surface area (Å²) in [5.41, 5.74) is 5.79. The van der Waals surface area contributed by atoms with Gasteiger partial charge in [-0.05, 0) is 23.8 Å². The van der Waals surface area contributed by atoms with Crippen LogP contribution in [0.2, 0.25) is 0 Å². The number of nitrogens with two attached hydrogens (primary N) is 1. The van der Waals surface area contributed by atoms with Crippen molar-refractivity contribution >= 4 is 11.3 Å². The van der Waals surface area contributed by atoms with Gasteiger partial charge in [0.2, 0.25) is 0 Å². The number of aliphatic hydroxyl groups excluding tert-OH is 1. The molecule has 2 nitrogen and oxygen atoms in total. The fraction of sp³-hybridized carbons (Fsp3) is 0.692. The molecule has 1 aliphatic carbocycles. The van der Waals surface area contributed by atoms with Crippen LogP contribution in [0.25, 0.3) is 0 Å². The minimum atomic E-state index is -0.258. The molecule has 0 saturated heterocycles. The highest BCUT2D eigenvalue weighted by atomic mass is 32.1. The molecule has 0 bridgehead atoms. The average Bonchev–Trinajstić information content (AvgIpc) is 2.91. The molecule has 16 heavy (non-hydrogen) atoms. The zero-order valence-corrected chi connectivity index (χ0v) is 10.5. The van der Waals surface area contributed by atoms with Crippen LogP contribution in [0.15, 0.2) is 17.5 Å². The quantitative estimate of drug-likeness (QED) is 0.830. The Balaban J connectivity index is 1.93. The van der Waals surface area contributed by atoms with E-state index in [1.54, 1.807) is 11.3 Å². The van der Waals surface area contributed by atoms with E-state index < -0.39 is 0 Å². The summed E-state index contributed by atoms with van der Waals surface area (Å²) in [4.78, 5) is 1.23. The summed E-state index contributed by atoms with van der Waals surface area (Å²) in [6, 6.07) is 4.12. The maximum Gasteiger partial charge on any atom is 0.0631 e. The lowest BCUT2D eigenvalue weighted by Crippen LogP contribution is -2.26. The van der Waals surface area contributed by atoms with Crippen molar-refractivity contribution in [1.82, 2.24) is 0 Å². The third kappa shape index (κ3) is 2.84. The molecule has 1 aromatic heterocycles. The minimum Gasteiger partial charge on any atom is -0.392 e. The molecule has 0 aromatic carbocycles. The van der Waals surface area contributed by atoms with Crippen molar-refractivity contribution in [2.45, 2.75) is 44.1 Å². The van der Waals surface area contributed by atoms with Crippen molar-refractivity contribution < 1.29 is 5.11 Å². The Hall–Kier alpha value is -0.380. The predicted molar refractivity (Wildman–Crippen MR) is 68.7 cm³/mol. The van der Waals surface area contributed by atoms with Gasteiger partial charge >= 0.3 is 0 Å². The summed E-state index contributed by atoms with van der Waals surface area (Å²) in [5.74, 6) is 0.865. The molecule has 2 atom stereocenters. The fourth-order valence-electron chi connectivity index (χ4n) is 2.72. The van der Waals surface area contributed by atoms with Gasteiger partial charge in [-0.3, -0.25) is 0 Å². The van der Waals surface area contributed by atoms with Crippen molar-refractivity contribution in [2.24, 2.45) is 11.7 Å². The topological polar surface area (TPSA) is 46.2 Å². The largest absolute Gasteiger partial charge is 0.392 e. The van der Waals surface area contributed by atoms with Gasteiger partial charge in [0, 0.05) is 17.3 Å². The zero-order valence-electron chi connectivity index (χ0n) is 9.64. The summed E-state index contributed by atoms with van der Waals surface area (Å²) in [6.45, 7) is 0.550. The SMILES string of the molecule is NCC(c1cccs1)C(O)CC1CCCC1. The molecule has 1 aliphatic rings. The third-order valence-corrected chi connectivity index (χ3v) is 4.68. The highest BCUT2D eigenvalue weighted by Gasteiger charge is 2.25. The van der Waals surface area contributed by atoms with Crippen LogP contribution in [-0.2, 0) is 0 Å². The maximum atomic E-state index is 10.3. The number of thiophene rings is 1. The summed E-state index contributed by atoms with van der Waals surface area (Å²) >= 11 is 1.70. The molecule has 1 saturated carbocycles. The zero-order chi connectivity index (χ0) is 11.4. The molecule has 0 aliphatic heterocycles. The van der Waals surface area contributed by atoms with Gasteiger partial charge in [-0.15, -0.1) is 11.3 Å². The molecular weight excluding hydrogens is 218 g/mol. The first-order valence-electron chi connectivity index (χ1n) is 6.22. The van der Waals surface area contributed by atoms with Crippen LogP contribution in [0.1, 0.15) is 42.9 Å². The molecule has 1 aromatic rings. The lowest BCUT2D eigenvalue weighted by Gasteiger charge is -2.23. The Morgan fingerprint density at radius 3 is 2.75 bits per heavy atom.